The van der Waals surface area contributed by atoms with Gasteiger partial charge in [-0.3, -0.25) is 0 Å². The van der Waals surface area contributed by atoms with E-state index in [0.717, 1.165) is 11.1 Å². The molecule has 0 N–H and O–H groups in total. The van der Waals surface area contributed by atoms with Crippen LogP contribution >= 0.6 is 11.6 Å². The van der Waals surface area contributed by atoms with Gasteiger partial charge in [0.1, 0.15) is 5.52 Å². The molecular formula is C13H8ClNO. The van der Waals surface area contributed by atoms with Crippen molar-refractivity contribution in [2.45, 2.75) is 0 Å². The van der Waals surface area contributed by atoms with Gasteiger partial charge < -0.3 is 4.42 Å². The molecule has 0 radical (unpaired) electrons. The molecule has 0 aliphatic rings. The van der Waals surface area contributed by atoms with Gasteiger partial charge in [0, 0.05) is 5.56 Å². The van der Waals surface area contributed by atoms with Crippen molar-refractivity contribution < 1.29 is 4.42 Å². The first kappa shape index (κ1) is 9.43. The molecule has 3 rings (SSSR count). The van der Waals surface area contributed by atoms with Gasteiger partial charge >= 0.3 is 0 Å². The Kier molecular flexibility index (Phi) is 2.15. The number of oxazole rings is 1. The number of benzene rings is 2. The van der Waals surface area contributed by atoms with Gasteiger partial charge in [-0.2, -0.15) is 0 Å². The zero-order valence-electron chi connectivity index (χ0n) is 8.35. The van der Waals surface area contributed by atoms with E-state index in [1.807, 2.05) is 42.5 Å². The Bertz CT molecular complexity index is 631. The van der Waals surface area contributed by atoms with E-state index >= 15 is 0 Å². The average molecular weight is 230 g/mol. The van der Waals surface area contributed by atoms with Crippen LogP contribution in [0.2, 0.25) is 5.02 Å². The normalized spacial score (nSPS) is 10.8. The maximum absolute atomic E-state index is 6.29. The maximum atomic E-state index is 6.29. The summed E-state index contributed by atoms with van der Waals surface area (Å²) in [4.78, 5) is 4.11. The Morgan fingerprint density at radius 1 is 1.00 bits per heavy atom. The number of nitrogens with zero attached hydrogens (tertiary/aromatic N) is 1. The molecule has 2 aromatic carbocycles. The van der Waals surface area contributed by atoms with E-state index in [2.05, 4.69) is 4.98 Å². The largest absolute Gasteiger partial charge is 0.443 e. The van der Waals surface area contributed by atoms with Crippen LogP contribution in [0.5, 0.6) is 0 Å². The van der Waals surface area contributed by atoms with E-state index in [-0.39, 0.29) is 0 Å². The number of halogens is 1. The summed E-state index contributed by atoms with van der Waals surface area (Å²) in [5, 5.41) is 0.637. The van der Waals surface area contributed by atoms with Crippen LogP contribution in [0.25, 0.3) is 22.2 Å². The molecule has 1 heterocycles. The Morgan fingerprint density at radius 2 is 1.81 bits per heavy atom. The van der Waals surface area contributed by atoms with E-state index in [1.54, 1.807) is 0 Å². The van der Waals surface area contributed by atoms with E-state index in [9.17, 15) is 0 Å². The number of fused-ring (bicyclic) bond motifs is 1. The smallest absolute Gasteiger partial charge is 0.182 e. The highest BCUT2D eigenvalue weighted by molar-refractivity contribution is 6.37. The van der Waals surface area contributed by atoms with Crippen LogP contribution in [0.3, 0.4) is 0 Å². The first-order valence-electron chi connectivity index (χ1n) is 4.93. The second-order valence-corrected chi connectivity index (χ2v) is 3.87. The van der Waals surface area contributed by atoms with Gasteiger partial charge in [0.05, 0.1) is 5.02 Å². The van der Waals surface area contributed by atoms with Crippen LogP contribution in [0.1, 0.15) is 0 Å². The van der Waals surface area contributed by atoms with Crippen molar-refractivity contribution in [2.24, 2.45) is 0 Å². The molecule has 16 heavy (non-hydrogen) atoms. The molecule has 0 atom stereocenters. The molecule has 0 aliphatic heterocycles. The van der Waals surface area contributed by atoms with Gasteiger partial charge in [-0.25, -0.2) is 4.98 Å². The summed E-state index contributed by atoms with van der Waals surface area (Å²) in [5.74, 6) is 0. The summed E-state index contributed by atoms with van der Waals surface area (Å²) < 4.78 is 5.19. The van der Waals surface area contributed by atoms with Crippen LogP contribution < -0.4 is 0 Å². The first-order chi connectivity index (χ1) is 7.86. The van der Waals surface area contributed by atoms with Crippen molar-refractivity contribution in [2.75, 3.05) is 0 Å². The molecule has 0 saturated heterocycles. The minimum atomic E-state index is 0.637. The van der Waals surface area contributed by atoms with E-state index < -0.39 is 0 Å². The van der Waals surface area contributed by atoms with Crippen LogP contribution in [0.15, 0.2) is 53.3 Å². The predicted octanol–water partition coefficient (Wildman–Crippen LogP) is 4.15. The quantitative estimate of drug-likeness (QED) is 0.627. The lowest BCUT2D eigenvalue weighted by molar-refractivity contribution is 0.602. The molecule has 0 unspecified atom stereocenters. The standard InChI is InChI=1S/C13H8ClNO/c14-12-10(9-4-2-1-3-5-9)6-7-11-13(12)15-8-16-11/h1-8H. The molecular weight excluding hydrogens is 222 g/mol. The summed E-state index contributed by atoms with van der Waals surface area (Å²) in [6, 6.07) is 13.8. The average Bonchev–Trinajstić information content (AvgIpc) is 2.80. The first-order valence-corrected chi connectivity index (χ1v) is 5.31. The second kappa shape index (κ2) is 3.65. The summed E-state index contributed by atoms with van der Waals surface area (Å²) in [6.45, 7) is 0. The van der Waals surface area contributed by atoms with Crippen LogP contribution in [0, 0.1) is 0 Å². The molecule has 2 nitrogen and oxygen atoms in total. The lowest BCUT2D eigenvalue weighted by Gasteiger charge is -2.03. The Hall–Kier alpha value is -1.80. The summed E-state index contributed by atoms with van der Waals surface area (Å²) >= 11 is 6.29. The van der Waals surface area contributed by atoms with Gasteiger partial charge in [0.15, 0.2) is 12.0 Å². The van der Waals surface area contributed by atoms with Gasteiger partial charge in [-0.05, 0) is 17.7 Å². The molecule has 0 bridgehead atoms. The molecule has 0 spiro atoms. The van der Waals surface area contributed by atoms with Crippen molar-refractivity contribution >= 4 is 22.7 Å². The lowest BCUT2D eigenvalue weighted by atomic mass is 10.1. The molecule has 78 valence electrons. The van der Waals surface area contributed by atoms with Crippen molar-refractivity contribution in [3.8, 4) is 11.1 Å². The predicted molar refractivity (Wildman–Crippen MR) is 64.5 cm³/mol. The third-order valence-corrected chi connectivity index (χ3v) is 2.91. The van der Waals surface area contributed by atoms with Gasteiger partial charge in [0.25, 0.3) is 0 Å². The Labute approximate surface area is 97.5 Å². The summed E-state index contributed by atoms with van der Waals surface area (Å²) in [6.07, 6.45) is 1.41. The monoisotopic (exact) mass is 229 g/mol. The van der Waals surface area contributed by atoms with E-state index in [0.29, 0.717) is 16.1 Å². The fourth-order valence-corrected chi connectivity index (χ4v) is 2.05. The van der Waals surface area contributed by atoms with Gasteiger partial charge in [0.2, 0.25) is 0 Å². The second-order valence-electron chi connectivity index (χ2n) is 3.49. The highest BCUT2D eigenvalue weighted by atomic mass is 35.5. The van der Waals surface area contributed by atoms with Crippen molar-refractivity contribution in [3.05, 3.63) is 53.9 Å². The molecule has 0 fully saturated rings. The van der Waals surface area contributed by atoms with Crippen molar-refractivity contribution in [1.82, 2.24) is 4.98 Å². The van der Waals surface area contributed by atoms with Crippen molar-refractivity contribution in [3.63, 3.8) is 0 Å². The van der Waals surface area contributed by atoms with Gasteiger partial charge in [-0.15, -0.1) is 0 Å². The minimum Gasteiger partial charge on any atom is -0.443 e. The Balaban J connectivity index is 2.28. The number of hydrogen-bond donors (Lipinski definition) is 0. The third kappa shape index (κ3) is 1.39. The van der Waals surface area contributed by atoms with Crippen LogP contribution in [-0.2, 0) is 0 Å². The maximum Gasteiger partial charge on any atom is 0.182 e. The number of aromatic nitrogens is 1. The fourth-order valence-electron chi connectivity index (χ4n) is 1.74. The zero-order chi connectivity index (χ0) is 11.0. The third-order valence-electron chi connectivity index (χ3n) is 2.53. The summed E-state index contributed by atoms with van der Waals surface area (Å²) in [7, 11) is 0. The molecule has 3 aromatic rings. The molecule has 0 saturated carbocycles. The highest BCUT2D eigenvalue weighted by Crippen LogP contribution is 2.33. The van der Waals surface area contributed by atoms with Crippen LogP contribution in [-0.4, -0.2) is 4.98 Å². The highest BCUT2D eigenvalue weighted by Gasteiger charge is 2.09. The zero-order valence-corrected chi connectivity index (χ0v) is 9.11. The van der Waals surface area contributed by atoms with Crippen LogP contribution in [0.4, 0.5) is 0 Å². The van der Waals surface area contributed by atoms with Gasteiger partial charge in [-0.1, -0.05) is 41.9 Å². The summed E-state index contributed by atoms with van der Waals surface area (Å²) in [5.41, 5.74) is 3.48. The van der Waals surface area contributed by atoms with E-state index in [4.69, 9.17) is 16.0 Å². The number of rotatable bonds is 1. The fraction of sp³-hybridized carbons (Fsp3) is 0. The van der Waals surface area contributed by atoms with Crippen molar-refractivity contribution in [1.29, 1.82) is 0 Å². The SMILES string of the molecule is Clc1c(-c2ccccc2)ccc2ocnc12. The number of hydrogen-bond acceptors (Lipinski definition) is 2. The molecule has 0 amide bonds. The van der Waals surface area contributed by atoms with E-state index in [1.165, 1.54) is 6.39 Å². The lowest BCUT2D eigenvalue weighted by Crippen LogP contribution is -1.80. The molecule has 0 aliphatic carbocycles. The molecule has 1 aromatic heterocycles. The Morgan fingerprint density at radius 3 is 2.62 bits per heavy atom. The molecule has 3 heteroatoms. The topological polar surface area (TPSA) is 26.0 Å². The minimum absolute atomic E-state index is 0.637.